The molecule has 1 atom stereocenters. The van der Waals surface area contributed by atoms with Crippen LogP contribution in [0, 0.1) is 12.3 Å². The summed E-state index contributed by atoms with van der Waals surface area (Å²) < 4.78 is 1.24. The third-order valence-corrected chi connectivity index (χ3v) is 4.15. The Hall–Kier alpha value is -0.780. The fourth-order valence-electron chi connectivity index (χ4n) is 2.45. The Bertz CT molecular complexity index is 415. The molecule has 1 nitrogen and oxygen atoms in total. The van der Waals surface area contributed by atoms with Crippen molar-refractivity contribution in [3.8, 4) is 12.3 Å². The molecule has 0 amide bonds. The van der Waals surface area contributed by atoms with E-state index in [1.54, 1.807) is 0 Å². The number of hydrogen-bond donors (Lipinski definition) is 1. The Morgan fingerprint density at radius 1 is 1.47 bits per heavy atom. The SMILES string of the molecule is C#CCC(C)NC1CC(c2ccccc2Br)C1. The van der Waals surface area contributed by atoms with Crippen LogP contribution in [0.2, 0.25) is 0 Å². The molecule has 0 saturated heterocycles. The summed E-state index contributed by atoms with van der Waals surface area (Å²) in [6, 6.07) is 9.59. The third-order valence-electron chi connectivity index (χ3n) is 3.43. The van der Waals surface area contributed by atoms with Gasteiger partial charge in [-0.1, -0.05) is 34.1 Å². The van der Waals surface area contributed by atoms with Gasteiger partial charge in [0.1, 0.15) is 0 Å². The van der Waals surface area contributed by atoms with E-state index in [1.807, 2.05) is 0 Å². The molecule has 1 N–H and O–H groups in total. The van der Waals surface area contributed by atoms with Gasteiger partial charge in [0.15, 0.2) is 0 Å². The van der Waals surface area contributed by atoms with Crippen molar-refractivity contribution in [2.75, 3.05) is 0 Å². The van der Waals surface area contributed by atoms with Crippen LogP contribution in [0.5, 0.6) is 0 Å². The number of terminal acetylenes is 1. The molecular weight excluding hydrogens is 274 g/mol. The van der Waals surface area contributed by atoms with E-state index in [-0.39, 0.29) is 0 Å². The van der Waals surface area contributed by atoms with E-state index in [4.69, 9.17) is 6.42 Å². The van der Waals surface area contributed by atoms with Gasteiger partial charge < -0.3 is 5.32 Å². The Morgan fingerprint density at radius 2 is 2.18 bits per heavy atom. The van der Waals surface area contributed by atoms with Crippen LogP contribution in [0.4, 0.5) is 0 Å². The van der Waals surface area contributed by atoms with E-state index in [9.17, 15) is 0 Å². The van der Waals surface area contributed by atoms with Crippen LogP contribution in [0.25, 0.3) is 0 Å². The van der Waals surface area contributed by atoms with Gasteiger partial charge in [-0.2, -0.15) is 0 Å². The summed E-state index contributed by atoms with van der Waals surface area (Å²) in [4.78, 5) is 0. The zero-order valence-corrected chi connectivity index (χ0v) is 11.7. The number of halogens is 1. The maximum absolute atomic E-state index is 5.31. The predicted molar refractivity (Wildman–Crippen MR) is 76.0 cm³/mol. The molecule has 17 heavy (non-hydrogen) atoms. The van der Waals surface area contributed by atoms with Gasteiger partial charge in [-0.05, 0) is 37.3 Å². The second-order valence-electron chi connectivity index (χ2n) is 4.86. The first-order valence-electron chi connectivity index (χ1n) is 6.14. The lowest BCUT2D eigenvalue weighted by atomic mass is 9.75. The number of rotatable bonds is 4. The fourth-order valence-corrected chi connectivity index (χ4v) is 3.06. The summed E-state index contributed by atoms with van der Waals surface area (Å²) in [5.74, 6) is 3.40. The summed E-state index contributed by atoms with van der Waals surface area (Å²) in [7, 11) is 0. The van der Waals surface area contributed by atoms with Crippen LogP contribution in [-0.2, 0) is 0 Å². The molecule has 0 bridgehead atoms. The van der Waals surface area contributed by atoms with E-state index >= 15 is 0 Å². The Labute approximate surface area is 112 Å². The first kappa shape index (κ1) is 12.7. The zero-order chi connectivity index (χ0) is 12.3. The summed E-state index contributed by atoms with van der Waals surface area (Å²) in [5.41, 5.74) is 1.44. The lowest BCUT2D eigenvalue weighted by Crippen LogP contribution is -2.44. The minimum atomic E-state index is 0.435. The van der Waals surface area contributed by atoms with Crippen molar-refractivity contribution in [1.29, 1.82) is 0 Å². The van der Waals surface area contributed by atoms with Gasteiger partial charge >= 0.3 is 0 Å². The fraction of sp³-hybridized carbons (Fsp3) is 0.467. The van der Waals surface area contributed by atoms with Gasteiger partial charge in [-0.25, -0.2) is 0 Å². The lowest BCUT2D eigenvalue weighted by Gasteiger charge is -2.38. The third kappa shape index (κ3) is 3.12. The van der Waals surface area contributed by atoms with Crippen molar-refractivity contribution in [2.24, 2.45) is 0 Å². The molecule has 1 aromatic rings. The van der Waals surface area contributed by atoms with Crippen LogP contribution in [0.1, 0.15) is 37.7 Å². The minimum absolute atomic E-state index is 0.435. The molecule has 1 fully saturated rings. The molecule has 0 radical (unpaired) electrons. The van der Waals surface area contributed by atoms with Crippen LogP contribution in [0.3, 0.4) is 0 Å². The smallest absolute Gasteiger partial charge is 0.0238 e. The normalized spacial score (nSPS) is 24.8. The summed E-state index contributed by atoms with van der Waals surface area (Å²) in [6.45, 7) is 2.16. The second kappa shape index (κ2) is 5.71. The first-order chi connectivity index (χ1) is 8.20. The Kier molecular flexibility index (Phi) is 4.25. The number of benzene rings is 1. The lowest BCUT2D eigenvalue weighted by molar-refractivity contribution is 0.270. The molecule has 0 aromatic heterocycles. The molecule has 1 saturated carbocycles. The maximum atomic E-state index is 5.31. The summed E-state index contributed by atoms with van der Waals surface area (Å²) >= 11 is 3.62. The molecule has 0 heterocycles. The van der Waals surface area contributed by atoms with Crippen molar-refractivity contribution in [3.05, 3.63) is 34.3 Å². The average molecular weight is 292 g/mol. The van der Waals surface area contributed by atoms with Crippen molar-refractivity contribution in [3.63, 3.8) is 0 Å². The molecule has 1 unspecified atom stereocenters. The quantitative estimate of drug-likeness (QED) is 0.834. The molecule has 1 aliphatic carbocycles. The average Bonchev–Trinajstić information content (AvgIpc) is 2.25. The van der Waals surface area contributed by atoms with E-state index in [2.05, 4.69) is 58.4 Å². The van der Waals surface area contributed by atoms with E-state index in [0.717, 1.165) is 6.42 Å². The summed E-state index contributed by atoms with van der Waals surface area (Å²) in [5, 5.41) is 3.58. The largest absolute Gasteiger partial charge is 0.311 e. The molecule has 2 rings (SSSR count). The zero-order valence-electron chi connectivity index (χ0n) is 10.1. The predicted octanol–water partition coefficient (Wildman–Crippen LogP) is 3.70. The van der Waals surface area contributed by atoms with Crippen molar-refractivity contribution in [2.45, 2.75) is 44.2 Å². The molecular formula is C15H18BrN. The van der Waals surface area contributed by atoms with Crippen LogP contribution >= 0.6 is 15.9 Å². The molecule has 1 aliphatic rings. The van der Waals surface area contributed by atoms with E-state index in [1.165, 1.54) is 22.9 Å². The van der Waals surface area contributed by atoms with Gasteiger partial charge in [-0.15, -0.1) is 12.3 Å². The number of nitrogens with one attached hydrogen (secondary N) is 1. The van der Waals surface area contributed by atoms with Crippen molar-refractivity contribution < 1.29 is 0 Å². The monoisotopic (exact) mass is 291 g/mol. The highest BCUT2D eigenvalue weighted by Gasteiger charge is 2.31. The Balaban J connectivity index is 1.83. The van der Waals surface area contributed by atoms with Crippen LogP contribution in [0.15, 0.2) is 28.7 Å². The second-order valence-corrected chi connectivity index (χ2v) is 5.72. The maximum Gasteiger partial charge on any atom is 0.0238 e. The number of hydrogen-bond acceptors (Lipinski definition) is 1. The van der Waals surface area contributed by atoms with Gasteiger partial charge in [0.2, 0.25) is 0 Å². The van der Waals surface area contributed by atoms with Crippen LogP contribution < -0.4 is 5.32 Å². The minimum Gasteiger partial charge on any atom is -0.311 e. The van der Waals surface area contributed by atoms with E-state index < -0.39 is 0 Å². The first-order valence-corrected chi connectivity index (χ1v) is 6.94. The molecule has 2 heteroatoms. The Morgan fingerprint density at radius 3 is 2.82 bits per heavy atom. The van der Waals surface area contributed by atoms with Gasteiger partial charge in [-0.3, -0.25) is 0 Å². The van der Waals surface area contributed by atoms with Crippen molar-refractivity contribution in [1.82, 2.24) is 5.32 Å². The van der Waals surface area contributed by atoms with Gasteiger partial charge in [0.25, 0.3) is 0 Å². The molecule has 0 spiro atoms. The molecule has 90 valence electrons. The highest BCUT2D eigenvalue weighted by molar-refractivity contribution is 9.10. The van der Waals surface area contributed by atoms with Crippen LogP contribution in [-0.4, -0.2) is 12.1 Å². The van der Waals surface area contributed by atoms with Gasteiger partial charge in [0, 0.05) is 23.0 Å². The topological polar surface area (TPSA) is 12.0 Å². The van der Waals surface area contributed by atoms with Crippen molar-refractivity contribution >= 4 is 15.9 Å². The van der Waals surface area contributed by atoms with Gasteiger partial charge in [0.05, 0.1) is 0 Å². The molecule has 1 aromatic carbocycles. The van der Waals surface area contributed by atoms with E-state index in [0.29, 0.717) is 18.0 Å². The standard InChI is InChI=1S/C15H18BrN/c1-3-6-11(2)17-13-9-12(10-13)14-7-4-5-8-15(14)16/h1,4-5,7-8,11-13,17H,6,9-10H2,2H3. The summed E-state index contributed by atoms with van der Waals surface area (Å²) in [6.07, 6.45) is 8.56. The molecule has 0 aliphatic heterocycles. The highest BCUT2D eigenvalue weighted by atomic mass is 79.9. The highest BCUT2D eigenvalue weighted by Crippen LogP contribution is 2.40.